The van der Waals surface area contributed by atoms with Crippen molar-refractivity contribution in [3.63, 3.8) is 0 Å². The number of halogens is 2. The van der Waals surface area contributed by atoms with E-state index < -0.39 is 42.0 Å². The first-order valence-electron chi connectivity index (χ1n) is 7.46. The zero-order valence-electron chi connectivity index (χ0n) is 13.5. The average molecular weight is 342 g/mol. The van der Waals surface area contributed by atoms with Crippen LogP contribution < -0.4 is 5.32 Å². The van der Waals surface area contributed by atoms with E-state index in [1.807, 2.05) is 0 Å². The first kappa shape index (κ1) is 19.5. The Bertz CT molecular complexity index is 622. The van der Waals surface area contributed by atoms with E-state index in [9.17, 15) is 23.2 Å². The maximum Gasteiger partial charge on any atom is 0.323 e. The van der Waals surface area contributed by atoms with E-state index in [-0.39, 0.29) is 18.5 Å². The molecule has 0 bridgehead atoms. The van der Waals surface area contributed by atoms with Gasteiger partial charge in [0.05, 0.1) is 12.5 Å². The van der Waals surface area contributed by atoms with Crippen molar-refractivity contribution in [3.8, 4) is 0 Å². The number of amides is 2. The van der Waals surface area contributed by atoms with Crippen LogP contribution >= 0.6 is 0 Å². The van der Waals surface area contributed by atoms with Gasteiger partial charge in [-0.1, -0.05) is 13.0 Å². The summed E-state index contributed by atoms with van der Waals surface area (Å²) in [5.74, 6) is -3.86. The largest absolute Gasteiger partial charge is 0.480 e. The van der Waals surface area contributed by atoms with Gasteiger partial charge in [-0.2, -0.15) is 0 Å². The molecule has 0 radical (unpaired) electrons. The number of carboxylic acid groups (broad SMARTS) is 1. The van der Waals surface area contributed by atoms with Crippen molar-refractivity contribution in [1.29, 1.82) is 0 Å². The predicted octanol–water partition coefficient (Wildman–Crippen LogP) is 1.86. The molecule has 1 aromatic carbocycles. The van der Waals surface area contributed by atoms with Crippen LogP contribution in [0.2, 0.25) is 0 Å². The van der Waals surface area contributed by atoms with Crippen molar-refractivity contribution in [2.75, 3.05) is 13.1 Å². The Balaban J connectivity index is 3.01. The van der Waals surface area contributed by atoms with Crippen LogP contribution in [-0.4, -0.2) is 40.9 Å². The van der Waals surface area contributed by atoms with E-state index in [0.717, 1.165) is 17.0 Å². The van der Waals surface area contributed by atoms with Crippen LogP contribution in [0, 0.1) is 11.6 Å². The Kier molecular flexibility index (Phi) is 7.29. The van der Waals surface area contributed by atoms with E-state index >= 15 is 0 Å². The number of carbonyl (C=O) groups excluding carboxylic acids is 2. The summed E-state index contributed by atoms with van der Waals surface area (Å²) in [4.78, 5) is 35.6. The monoisotopic (exact) mass is 342 g/mol. The standard InChI is InChI=1S/C16H20F2N2O4/c1-3-6-20(9-16(23)24)15(22)8-14(19-10(2)21)12-5-4-11(17)7-13(12)18/h4-5,7,14H,3,6,8-9H2,1-2H3,(H,19,21)(H,23,24). The molecule has 0 aliphatic rings. The lowest BCUT2D eigenvalue weighted by Crippen LogP contribution is -2.39. The van der Waals surface area contributed by atoms with Crippen molar-refractivity contribution in [1.82, 2.24) is 10.2 Å². The van der Waals surface area contributed by atoms with Gasteiger partial charge >= 0.3 is 5.97 Å². The second-order valence-electron chi connectivity index (χ2n) is 5.33. The molecule has 24 heavy (non-hydrogen) atoms. The fourth-order valence-corrected chi connectivity index (χ4v) is 2.30. The third-order valence-corrected chi connectivity index (χ3v) is 3.27. The number of nitrogens with one attached hydrogen (secondary N) is 1. The molecular formula is C16H20F2N2O4. The normalized spacial score (nSPS) is 11.7. The van der Waals surface area contributed by atoms with E-state index in [4.69, 9.17) is 5.11 Å². The minimum atomic E-state index is -1.17. The number of benzene rings is 1. The molecule has 0 heterocycles. The molecule has 8 heteroatoms. The van der Waals surface area contributed by atoms with E-state index in [1.165, 1.54) is 6.92 Å². The maximum atomic E-state index is 14.0. The van der Waals surface area contributed by atoms with Gasteiger partial charge in [0.2, 0.25) is 11.8 Å². The molecule has 132 valence electrons. The molecule has 0 spiro atoms. The Morgan fingerprint density at radius 2 is 1.96 bits per heavy atom. The van der Waals surface area contributed by atoms with Gasteiger partial charge in [0.25, 0.3) is 0 Å². The Morgan fingerprint density at radius 3 is 2.46 bits per heavy atom. The highest BCUT2D eigenvalue weighted by molar-refractivity contribution is 5.82. The van der Waals surface area contributed by atoms with E-state index in [1.54, 1.807) is 6.92 Å². The van der Waals surface area contributed by atoms with E-state index in [2.05, 4.69) is 5.32 Å². The first-order valence-corrected chi connectivity index (χ1v) is 7.46. The van der Waals surface area contributed by atoms with Crippen LogP contribution in [0.1, 0.15) is 38.3 Å². The van der Waals surface area contributed by atoms with Gasteiger partial charge in [0, 0.05) is 25.1 Å². The number of rotatable bonds is 8. The zero-order valence-corrected chi connectivity index (χ0v) is 13.5. The number of hydrogen-bond acceptors (Lipinski definition) is 3. The van der Waals surface area contributed by atoms with Gasteiger partial charge in [-0.15, -0.1) is 0 Å². The molecule has 1 atom stereocenters. The lowest BCUT2D eigenvalue weighted by Gasteiger charge is -2.24. The Hall–Kier alpha value is -2.51. The highest BCUT2D eigenvalue weighted by Crippen LogP contribution is 2.22. The van der Waals surface area contributed by atoms with Crippen LogP contribution in [0.25, 0.3) is 0 Å². The zero-order chi connectivity index (χ0) is 18.3. The van der Waals surface area contributed by atoms with Crippen molar-refractivity contribution in [3.05, 3.63) is 35.4 Å². The molecule has 1 unspecified atom stereocenters. The highest BCUT2D eigenvalue weighted by Gasteiger charge is 2.24. The van der Waals surface area contributed by atoms with Gasteiger partial charge in [0.15, 0.2) is 0 Å². The molecule has 1 rings (SSSR count). The quantitative estimate of drug-likeness (QED) is 0.755. The summed E-state index contributed by atoms with van der Waals surface area (Å²) >= 11 is 0. The second-order valence-corrected chi connectivity index (χ2v) is 5.33. The van der Waals surface area contributed by atoms with Crippen LogP contribution in [-0.2, 0) is 14.4 Å². The fraction of sp³-hybridized carbons (Fsp3) is 0.438. The third kappa shape index (κ3) is 5.94. The van der Waals surface area contributed by atoms with Crippen LogP contribution in [0.4, 0.5) is 8.78 Å². The first-order chi connectivity index (χ1) is 11.2. The summed E-state index contributed by atoms with van der Waals surface area (Å²) in [5, 5.41) is 11.3. The number of nitrogens with zero attached hydrogens (tertiary/aromatic N) is 1. The van der Waals surface area contributed by atoms with Gasteiger partial charge < -0.3 is 15.3 Å². The molecule has 2 N–H and O–H groups in total. The molecular weight excluding hydrogens is 322 g/mol. The van der Waals surface area contributed by atoms with Crippen LogP contribution in [0.5, 0.6) is 0 Å². The molecule has 0 aromatic heterocycles. The Labute approximate surface area is 138 Å². The highest BCUT2D eigenvalue weighted by atomic mass is 19.1. The van der Waals surface area contributed by atoms with Crippen molar-refractivity contribution in [2.45, 2.75) is 32.7 Å². The van der Waals surface area contributed by atoms with Crippen molar-refractivity contribution < 1.29 is 28.3 Å². The lowest BCUT2D eigenvalue weighted by atomic mass is 10.0. The molecule has 6 nitrogen and oxygen atoms in total. The van der Waals surface area contributed by atoms with Gasteiger partial charge in [0.1, 0.15) is 18.2 Å². The molecule has 2 amide bonds. The molecule has 1 aromatic rings. The average Bonchev–Trinajstić information content (AvgIpc) is 2.45. The van der Waals surface area contributed by atoms with Crippen molar-refractivity contribution in [2.24, 2.45) is 0 Å². The molecule has 0 aliphatic carbocycles. The number of carboxylic acids is 1. The SMILES string of the molecule is CCCN(CC(=O)O)C(=O)CC(NC(C)=O)c1ccc(F)cc1F. The van der Waals surface area contributed by atoms with Crippen LogP contribution in [0.3, 0.4) is 0 Å². The second kappa shape index (κ2) is 8.95. The fourth-order valence-electron chi connectivity index (χ4n) is 2.30. The summed E-state index contributed by atoms with van der Waals surface area (Å²) in [7, 11) is 0. The van der Waals surface area contributed by atoms with Gasteiger partial charge in [-0.3, -0.25) is 14.4 Å². The number of aliphatic carboxylic acids is 1. The van der Waals surface area contributed by atoms with Gasteiger partial charge in [-0.25, -0.2) is 8.78 Å². The minimum absolute atomic E-state index is 0.0354. The maximum absolute atomic E-state index is 14.0. The summed E-state index contributed by atoms with van der Waals surface area (Å²) in [5.41, 5.74) is -0.0354. The summed E-state index contributed by atoms with van der Waals surface area (Å²) in [6.07, 6.45) is 0.226. The molecule has 0 saturated heterocycles. The molecule has 0 saturated carbocycles. The smallest absolute Gasteiger partial charge is 0.323 e. The lowest BCUT2D eigenvalue weighted by molar-refractivity contribution is -0.144. The number of hydrogen-bond donors (Lipinski definition) is 2. The van der Waals surface area contributed by atoms with Gasteiger partial charge in [-0.05, 0) is 12.5 Å². The summed E-state index contributed by atoms with van der Waals surface area (Å²) < 4.78 is 27.0. The van der Waals surface area contributed by atoms with E-state index in [0.29, 0.717) is 12.5 Å². The molecule has 0 aliphatic heterocycles. The number of carbonyl (C=O) groups is 3. The van der Waals surface area contributed by atoms with Crippen molar-refractivity contribution >= 4 is 17.8 Å². The summed E-state index contributed by atoms with van der Waals surface area (Å²) in [6.45, 7) is 2.74. The topological polar surface area (TPSA) is 86.7 Å². The predicted molar refractivity (Wildman–Crippen MR) is 82.0 cm³/mol. The molecule has 0 fully saturated rings. The minimum Gasteiger partial charge on any atom is -0.480 e. The van der Waals surface area contributed by atoms with Crippen LogP contribution in [0.15, 0.2) is 18.2 Å². The summed E-state index contributed by atoms with van der Waals surface area (Å²) in [6, 6.07) is 1.83. The Morgan fingerprint density at radius 1 is 1.29 bits per heavy atom. The third-order valence-electron chi connectivity index (χ3n) is 3.27.